The van der Waals surface area contributed by atoms with Crippen LogP contribution in [0.25, 0.3) is 0 Å². The summed E-state index contributed by atoms with van der Waals surface area (Å²) in [7, 11) is 0. The Labute approximate surface area is 98.5 Å². The molecule has 1 nitrogen and oxygen atoms in total. The summed E-state index contributed by atoms with van der Waals surface area (Å²) in [5.41, 5.74) is 1.73. The van der Waals surface area contributed by atoms with Crippen molar-refractivity contribution in [1.82, 2.24) is 0 Å². The number of aliphatic hydroxyl groups excluding tert-OH is 1. The standard InChI is InChI=1S/C15H22O/c1-14(2)9-13(16)10-15(3,11-14)12-7-5-4-6-8-12/h4-8,13,16H,9-11H2,1-3H3. The molecule has 16 heavy (non-hydrogen) atoms. The highest BCUT2D eigenvalue weighted by atomic mass is 16.3. The van der Waals surface area contributed by atoms with E-state index in [0.717, 1.165) is 19.3 Å². The van der Waals surface area contributed by atoms with Gasteiger partial charge in [-0.15, -0.1) is 0 Å². The molecule has 88 valence electrons. The van der Waals surface area contributed by atoms with Crippen molar-refractivity contribution >= 4 is 0 Å². The molecule has 0 radical (unpaired) electrons. The summed E-state index contributed by atoms with van der Waals surface area (Å²) in [5, 5.41) is 10.0. The normalized spacial score (nSPS) is 33.6. The van der Waals surface area contributed by atoms with Gasteiger partial charge in [-0.1, -0.05) is 51.1 Å². The maximum absolute atomic E-state index is 10.0. The molecule has 1 fully saturated rings. The van der Waals surface area contributed by atoms with Gasteiger partial charge in [0.1, 0.15) is 0 Å². The van der Waals surface area contributed by atoms with E-state index in [1.165, 1.54) is 5.56 Å². The van der Waals surface area contributed by atoms with Gasteiger partial charge in [-0.2, -0.15) is 0 Å². The molecule has 1 aliphatic carbocycles. The number of benzene rings is 1. The average Bonchev–Trinajstić information content (AvgIpc) is 2.15. The lowest BCUT2D eigenvalue weighted by molar-refractivity contribution is 0.0238. The van der Waals surface area contributed by atoms with Gasteiger partial charge in [0.25, 0.3) is 0 Å². The van der Waals surface area contributed by atoms with E-state index in [2.05, 4.69) is 51.1 Å². The van der Waals surface area contributed by atoms with Crippen LogP contribution in [0.2, 0.25) is 0 Å². The fourth-order valence-corrected chi connectivity index (χ4v) is 3.49. The Morgan fingerprint density at radius 3 is 2.25 bits per heavy atom. The third-order valence-electron chi connectivity index (χ3n) is 3.81. The highest BCUT2D eigenvalue weighted by Gasteiger charge is 2.41. The van der Waals surface area contributed by atoms with Crippen LogP contribution >= 0.6 is 0 Å². The second-order valence-electron chi connectivity index (χ2n) is 6.33. The molecule has 1 aromatic carbocycles. The molecule has 0 aliphatic heterocycles. The minimum absolute atomic E-state index is 0.127. The number of hydrogen-bond donors (Lipinski definition) is 1. The van der Waals surface area contributed by atoms with Crippen LogP contribution in [0.15, 0.2) is 30.3 Å². The summed E-state index contributed by atoms with van der Waals surface area (Å²) >= 11 is 0. The van der Waals surface area contributed by atoms with E-state index in [9.17, 15) is 5.11 Å². The molecule has 1 saturated carbocycles. The Morgan fingerprint density at radius 1 is 1.06 bits per heavy atom. The molecule has 1 aliphatic rings. The van der Waals surface area contributed by atoms with Gasteiger partial charge < -0.3 is 5.11 Å². The van der Waals surface area contributed by atoms with Crippen molar-refractivity contribution in [2.75, 3.05) is 0 Å². The summed E-state index contributed by atoms with van der Waals surface area (Å²) in [4.78, 5) is 0. The van der Waals surface area contributed by atoms with E-state index in [1.807, 2.05) is 0 Å². The van der Waals surface area contributed by atoms with E-state index < -0.39 is 0 Å². The van der Waals surface area contributed by atoms with E-state index in [-0.39, 0.29) is 16.9 Å². The molecule has 2 atom stereocenters. The van der Waals surface area contributed by atoms with Crippen molar-refractivity contribution < 1.29 is 5.11 Å². The highest BCUT2D eigenvalue weighted by Crippen LogP contribution is 2.47. The fourth-order valence-electron chi connectivity index (χ4n) is 3.49. The Morgan fingerprint density at radius 2 is 1.69 bits per heavy atom. The first-order valence-electron chi connectivity index (χ1n) is 6.15. The molecule has 0 amide bonds. The van der Waals surface area contributed by atoms with Gasteiger partial charge in [0.05, 0.1) is 6.10 Å². The summed E-state index contributed by atoms with van der Waals surface area (Å²) < 4.78 is 0. The van der Waals surface area contributed by atoms with Crippen LogP contribution in [0.1, 0.15) is 45.6 Å². The summed E-state index contributed by atoms with van der Waals surface area (Å²) in [6.45, 7) is 6.81. The number of hydrogen-bond acceptors (Lipinski definition) is 1. The number of rotatable bonds is 1. The van der Waals surface area contributed by atoms with Crippen LogP contribution < -0.4 is 0 Å². The second-order valence-corrected chi connectivity index (χ2v) is 6.33. The quantitative estimate of drug-likeness (QED) is 0.764. The molecule has 2 rings (SSSR count). The van der Waals surface area contributed by atoms with E-state index in [4.69, 9.17) is 0 Å². The summed E-state index contributed by atoms with van der Waals surface area (Å²) in [5.74, 6) is 0. The second kappa shape index (κ2) is 3.89. The van der Waals surface area contributed by atoms with Crippen LogP contribution in [0.4, 0.5) is 0 Å². The van der Waals surface area contributed by atoms with Gasteiger partial charge in [0.2, 0.25) is 0 Å². The largest absolute Gasteiger partial charge is 0.393 e. The zero-order chi connectivity index (χ0) is 11.8. The predicted octanol–water partition coefficient (Wildman–Crippen LogP) is 3.52. The van der Waals surface area contributed by atoms with E-state index in [1.54, 1.807) is 0 Å². The van der Waals surface area contributed by atoms with Crippen LogP contribution in [-0.4, -0.2) is 11.2 Å². The van der Waals surface area contributed by atoms with Crippen molar-refractivity contribution in [2.45, 2.75) is 51.6 Å². The molecular weight excluding hydrogens is 196 g/mol. The first-order chi connectivity index (χ1) is 7.41. The van der Waals surface area contributed by atoms with Crippen LogP contribution in [0.3, 0.4) is 0 Å². The molecule has 1 heteroatoms. The van der Waals surface area contributed by atoms with Crippen molar-refractivity contribution in [3.05, 3.63) is 35.9 Å². The van der Waals surface area contributed by atoms with Gasteiger partial charge in [0.15, 0.2) is 0 Å². The van der Waals surface area contributed by atoms with Crippen LogP contribution in [0, 0.1) is 5.41 Å². The number of aliphatic hydroxyl groups is 1. The third kappa shape index (κ3) is 2.30. The Kier molecular flexibility index (Phi) is 2.83. The smallest absolute Gasteiger partial charge is 0.0553 e. The zero-order valence-corrected chi connectivity index (χ0v) is 10.5. The van der Waals surface area contributed by atoms with Crippen LogP contribution in [0.5, 0.6) is 0 Å². The fraction of sp³-hybridized carbons (Fsp3) is 0.600. The Balaban J connectivity index is 2.31. The van der Waals surface area contributed by atoms with E-state index in [0.29, 0.717) is 0 Å². The SMILES string of the molecule is CC1(C)CC(O)CC(C)(c2ccccc2)C1. The Hall–Kier alpha value is -0.820. The lowest BCUT2D eigenvalue weighted by atomic mass is 9.61. The van der Waals surface area contributed by atoms with Crippen molar-refractivity contribution in [2.24, 2.45) is 5.41 Å². The van der Waals surface area contributed by atoms with Crippen LogP contribution in [-0.2, 0) is 5.41 Å². The molecular formula is C15H22O. The first kappa shape index (κ1) is 11.7. The third-order valence-corrected chi connectivity index (χ3v) is 3.81. The summed E-state index contributed by atoms with van der Waals surface area (Å²) in [6.07, 6.45) is 2.81. The predicted molar refractivity (Wildman–Crippen MR) is 67.4 cm³/mol. The minimum atomic E-state index is -0.158. The van der Waals surface area contributed by atoms with E-state index >= 15 is 0 Å². The molecule has 0 heterocycles. The maximum atomic E-state index is 10.0. The highest BCUT2D eigenvalue weighted by molar-refractivity contribution is 5.26. The lowest BCUT2D eigenvalue weighted by Crippen LogP contribution is -2.40. The zero-order valence-electron chi connectivity index (χ0n) is 10.5. The molecule has 0 spiro atoms. The van der Waals surface area contributed by atoms with Gasteiger partial charge >= 0.3 is 0 Å². The van der Waals surface area contributed by atoms with Crippen molar-refractivity contribution in [3.63, 3.8) is 0 Å². The summed E-state index contributed by atoms with van der Waals surface area (Å²) in [6, 6.07) is 10.6. The molecule has 0 aromatic heterocycles. The minimum Gasteiger partial charge on any atom is -0.393 e. The van der Waals surface area contributed by atoms with Crippen molar-refractivity contribution in [3.8, 4) is 0 Å². The van der Waals surface area contributed by atoms with Gasteiger partial charge in [-0.25, -0.2) is 0 Å². The topological polar surface area (TPSA) is 20.2 Å². The van der Waals surface area contributed by atoms with Gasteiger partial charge in [-0.05, 0) is 35.7 Å². The average molecular weight is 218 g/mol. The maximum Gasteiger partial charge on any atom is 0.0553 e. The first-order valence-corrected chi connectivity index (χ1v) is 6.15. The molecule has 2 unspecified atom stereocenters. The molecule has 1 aromatic rings. The lowest BCUT2D eigenvalue weighted by Gasteiger charge is -2.45. The molecule has 1 N–H and O–H groups in total. The Bertz CT molecular complexity index is 355. The van der Waals surface area contributed by atoms with Gasteiger partial charge in [-0.3, -0.25) is 0 Å². The molecule has 0 bridgehead atoms. The molecule has 0 saturated heterocycles. The van der Waals surface area contributed by atoms with Gasteiger partial charge in [0, 0.05) is 0 Å². The van der Waals surface area contributed by atoms with Crippen molar-refractivity contribution in [1.29, 1.82) is 0 Å². The monoisotopic (exact) mass is 218 g/mol.